The topological polar surface area (TPSA) is 85.9 Å². The van der Waals surface area contributed by atoms with Crippen LogP contribution >= 0.6 is 0 Å². The quantitative estimate of drug-likeness (QED) is 0.818. The van der Waals surface area contributed by atoms with Crippen LogP contribution in [-0.2, 0) is 11.2 Å². The smallest absolute Gasteiger partial charge is 0.156 e. The number of hydrogen-bond acceptors (Lipinski definition) is 6. The molecule has 0 amide bonds. The van der Waals surface area contributed by atoms with Gasteiger partial charge in [-0.25, -0.2) is 4.99 Å². The molecule has 1 aliphatic rings. The second-order valence-electron chi connectivity index (χ2n) is 4.78. The summed E-state index contributed by atoms with van der Waals surface area (Å²) in [5, 5.41) is 2.97. The molecule has 23 heavy (non-hydrogen) atoms. The number of rotatable bonds is 4. The van der Waals surface area contributed by atoms with Gasteiger partial charge >= 0.3 is 0 Å². The molecule has 0 spiro atoms. The van der Waals surface area contributed by atoms with Gasteiger partial charge in [-0.2, -0.15) is 0 Å². The maximum absolute atomic E-state index is 11.6. The predicted octanol–water partition coefficient (Wildman–Crippen LogP) is 1.61. The molecule has 2 rings (SSSR count). The summed E-state index contributed by atoms with van der Waals surface area (Å²) in [5.41, 5.74) is 8.11. The van der Waals surface area contributed by atoms with Crippen LogP contribution in [0, 0.1) is 0 Å². The van der Waals surface area contributed by atoms with Crippen molar-refractivity contribution in [2.45, 2.75) is 4.90 Å². The SMILES string of the molecule is C=C1C(NC)=NC=CN1/C=C(\N)c1ccc([S+](C)[O-])cc1OC. The normalized spacial score (nSPS) is 16.2. The molecule has 1 unspecified atom stereocenters. The molecule has 0 aliphatic carbocycles. The molecule has 0 radical (unpaired) electrons. The summed E-state index contributed by atoms with van der Waals surface area (Å²) in [7, 11) is 3.33. The van der Waals surface area contributed by atoms with Crippen molar-refractivity contribution in [3.8, 4) is 5.75 Å². The minimum atomic E-state index is -1.08. The molecule has 122 valence electrons. The summed E-state index contributed by atoms with van der Waals surface area (Å²) >= 11 is -1.08. The summed E-state index contributed by atoms with van der Waals surface area (Å²) in [6.07, 6.45) is 6.78. The molecule has 6 nitrogen and oxygen atoms in total. The lowest BCUT2D eigenvalue weighted by Gasteiger charge is -2.23. The zero-order valence-electron chi connectivity index (χ0n) is 13.4. The zero-order chi connectivity index (χ0) is 17.0. The van der Waals surface area contributed by atoms with Crippen molar-refractivity contribution in [1.29, 1.82) is 0 Å². The van der Waals surface area contributed by atoms with Gasteiger partial charge in [0.25, 0.3) is 0 Å². The Morgan fingerprint density at radius 1 is 1.52 bits per heavy atom. The van der Waals surface area contributed by atoms with Gasteiger partial charge in [-0.05, 0) is 23.3 Å². The van der Waals surface area contributed by atoms with E-state index in [0.29, 0.717) is 27.9 Å². The summed E-state index contributed by atoms with van der Waals surface area (Å²) in [5.74, 6) is 1.24. The second-order valence-corrected chi connectivity index (χ2v) is 6.16. The highest BCUT2D eigenvalue weighted by Crippen LogP contribution is 2.27. The van der Waals surface area contributed by atoms with E-state index in [0.717, 1.165) is 5.56 Å². The number of likely N-dealkylation sites (N-methyl/N-ethyl adjacent to an activating group) is 1. The van der Waals surface area contributed by atoms with Crippen molar-refractivity contribution in [2.75, 3.05) is 20.4 Å². The number of aliphatic imine (C=N–C) groups is 1. The third-order valence-electron chi connectivity index (χ3n) is 3.35. The lowest BCUT2D eigenvalue weighted by Crippen LogP contribution is -2.29. The van der Waals surface area contributed by atoms with Crippen molar-refractivity contribution < 1.29 is 9.29 Å². The Bertz CT molecular complexity index is 695. The Balaban J connectivity index is 2.33. The molecule has 1 aromatic carbocycles. The number of nitrogens with two attached hydrogens (primary N) is 1. The molecular weight excluding hydrogens is 312 g/mol. The van der Waals surface area contributed by atoms with Crippen molar-refractivity contribution in [3.05, 3.63) is 54.6 Å². The molecule has 0 saturated carbocycles. The van der Waals surface area contributed by atoms with Crippen molar-refractivity contribution in [2.24, 2.45) is 10.7 Å². The monoisotopic (exact) mass is 332 g/mol. The van der Waals surface area contributed by atoms with E-state index >= 15 is 0 Å². The van der Waals surface area contributed by atoms with Crippen LogP contribution in [0.15, 0.2) is 59.0 Å². The number of ether oxygens (including phenoxy) is 1. The Hall–Kier alpha value is -2.38. The zero-order valence-corrected chi connectivity index (χ0v) is 14.2. The first kappa shape index (κ1) is 17.0. The van der Waals surface area contributed by atoms with E-state index in [4.69, 9.17) is 10.5 Å². The van der Waals surface area contributed by atoms with Crippen molar-refractivity contribution in [1.82, 2.24) is 10.2 Å². The highest BCUT2D eigenvalue weighted by molar-refractivity contribution is 7.90. The average Bonchev–Trinajstić information content (AvgIpc) is 2.55. The minimum absolute atomic E-state index is 0.499. The van der Waals surface area contributed by atoms with Gasteiger partial charge < -0.3 is 25.2 Å². The molecule has 0 aromatic heterocycles. The maximum atomic E-state index is 11.6. The van der Waals surface area contributed by atoms with Gasteiger partial charge in [0.1, 0.15) is 17.8 Å². The van der Waals surface area contributed by atoms with E-state index in [1.807, 2.05) is 0 Å². The summed E-state index contributed by atoms with van der Waals surface area (Å²) in [6, 6.07) is 5.30. The summed E-state index contributed by atoms with van der Waals surface area (Å²) in [4.78, 5) is 6.64. The van der Waals surface area contributed by atoms with E-state index in [1.54, 1.807) is 62.1 Å². The standard InChI is InChI=1S/C16H20N4O2S/c1-11-16(18-2)19-7-8-20(11)10-14(17)13-6-5-12(23(4)21)9-15(13)22-3/h5-10H,1,17H2,2-4H3,(H,18,19)/b14-10-. The number of nitrogens with one attached hydrogen (secondary N) is 1. The summed E-state index contributed by atoms with van der Waals surface area (Å²) < 4.78 is 16.9. The molecule has 1 aromatic rings. The first-order chi connectivity index (χ1) is 11.0. The van der Waals surface area contributed by atoms with Crippen LogP contribution < -0.4 is 15.8 Å². The fraction of sp³-hybridized carbons (Fsp3) is 0.188. The first-order valence-electron chi connectivity index (χ1n) is 6.87. The van der Waals surface area contributed by atoms with Gasteiger partial charge in [-0.1, -0.05) is 6.58 Å². The Kier molecular flexibility index (Phi) is 5.36. The largest absolute Gasteiger partial charge is 0.612 e. The third kappa shape index (κ3) is 3.69. The van der Waals surface area contributed by atoms with E-state index < -0.39 is 11.2 Å². The highest BCUT2D eigenvalue weighted by atomic mass is 32.2. The highest BCUT2D eigenvalue weighted by Gasteiger charge is 2.15. The molecule has 1 heterocycles. The number of methoxy groups -OCH3 is 1. The Labute approximate surface area is 139 Å². The van der Waals surface area contributed by atoms with Gasteiger partial charge in [-0.15, -0.1) is 0 Å². The number of benzene rings is 1. The Morgan fingerprint density at radius 3 is 2.87 bits per heavy atom. The molecule has 0 fully saturated rings. The molecule has 7 heteroatoms. The van der Waals surface area contributed by atoms with E-state index in [9.17, 15) is 4.55 Å². The van der Waals surface area contributed by atoms with Crippen LogP contribution in [0.25, 0.3) is 5.70 Å². The molecule has 1 atom stereocenters. The molecule has 3 N–H and O–H groups in total. The van der Waals surface area contributed by atoms with E-state index in [-0.39, 0.29) is 0 Å². The number of hydrogen-bond donors (Lipinski definition) is 2. The van der Waals surface area contributed by atoms with Gasteiger partial charge in [0.05, 0.1) is 18.5 Å². The van der Waals surface area contributed by atoms with Crippen LogP contribution in [0.1, 0.15) is 5.56 Å². The van der Waals surface area contributed by atoms with Gasteiger partial charge in [-0.3, -0.25) is 0 Å². The number of amidine groups is 1. The maximum Gasteiger partial charge on any atom is 0.156 e. The molecule has 1 aliphatic heterocycles. The lowest BCUT2D eigenvalue weighted by molar-refractivity contribution is 0.412. The average molecular weight is 332 g/mol. The van der Waals surface area contributed by atoms with E-state index in [2.05, 4.69) is 16.9 Å². The molecule has 0 bridgehead atoms. The fourth-order valence-corrected chi connectivity index (χ4v) is 2.64. The minimum Gasteiger partial charge on any atom is -0.612 e. The van der Waals surface area contributed by atoms with Crippen LogP contribution in [0.2, 0.25) is 0 Å². The summed E-state index contributed by atoms with van der Waals surface area (Å²) in [6.45, 7) is 3.98. The molecular formula is C16H20N4O2S. The Morgan fingerprint density at radius 2 is 2.26 bits per heavy atom. The fourth-order valence-electron chi connectivity index (χ4n) is 2.10. The van der Waals surface area contributed by atoms with Crippen molar-refractivity contribution >= 4 is 22.7 Å². The second kappa shape index (κ2) is 7.26. The predicted molar refractivity (Wildman–Crippen MR) is 94.1 cm³/mol. The number of nitrogens with zero attached hydrogens (tertiary/aromatic N) is 2. The third-order valence-corrected chi connectivity index (χ3v) is 4.26. The van der Waals surface area contributed by atoms with E-state index in [1.165, 1.54) is 0 Å². The van der Waals surface area contributed by atoms with Gasteiger partial charge in [0, 0.05) is 37.3 Å². The van der Waals surface area contributed by atoms with Crippen LogP contribution in [-0.4, -0.2) is 35.7 Å². The van der Waals surface area contributed by atoms with Gasteiger partial charge in [0.15, 0.2) is 4.90 Å². The van der Waals surface area contributed by atoms with Crippen LogP contribution in [0.5, 0.6) is 5.75 Å². The molecule has 0 saturated heterocycles. The van der Waals surface area contributed by atoms with Crippen LogP contribution in [0.3, 0.4) is 0 Å². The lowest BCUT2D eigenvalue weighted by atomic mass is 10.1. The van der Waals surface area contributed by atoms with Crippen LogP contribution in [0.4, 0.5) is 0 Å². The first-order valence-corrected chi connectivity index (χ1v) is 8.42. The van der Waals surface area contributed by atoms with Gasteiger partial charge in [0.2, 0.25) is 0 Å². The van der Waals surface area contributed by atoms with Crippen molar-refractivity contribution in [3.63, 3.8) is 0 Å².